The van der Waals surface area contributed by atoms with Crippen LogP contribution in [-0.2, 0) is 19.2 Å². The summed E-state index contributed by atoms with van der Waals surface area (Å²) in [7, 11) is 0. The molecule has 7 nitrogen and oxygen atoms in total. The number of hydrogen-bond donors (Lipinski definition) is 3. The van der Waals surface area contributed by atoms with E-state index in [1.165, 1.54) is 0 Å². The van der Waals surface area contributed by atoms with Crippen molar-refractivity contribution in [3.8, 4) is 0 Å². The Labute approximate surface area is 141 Å². The summed E-state index contributed by atoms with van der Waals surface area (Å²) >= 11 is 0. The van der Waals surface area contributed by atoms with Crippen molar-refractivity contribution in [3.05, 3.63) is 12.2 Å². The first kappa shape index (κ1) is 19.9. The number of carbonyl (C=O) groups excluding carboxylic acids is 2. The number of amides is 1. The Morgan fingerprint density at radius 3 is 2.58 bits per heavy atom. The zero-order valence-corrected chi connectivity index (χ0v) is 13.9. The summed E-state index contributed by atoms with van der Waals surface area (Å²) < 4.78 is 0. The van der Waals surface area contributed by atoms with Crippen molar-refractivity contribution in [1.82, 2.24) is 5.32 Å². The molecule has 0 unspecified atom stereocenters. The van der Waals surface area contributed by atoms with E-state index >= 15 is 0 Å². The first-order valence-corrected chi connectivity index (χ1v) is 8.26. The Balaban J connectivity index is 2.57. The molecule has 1 aliphatic rings. The van der Waals surface area contributed by atoms with Gasteiger partial charge in [-0.2, -0.15) is 0 Å². The molecule has 0 aromatic carbocycles. The third kappa shape index (κ3) is 6.52. The van der Waals surface area contributed by atoms with E-state index in [1.54, 1.807) is 0 Å². The van der Waals surface area contributed by atoms with Gasteiger partial charge in [0.1, 0.15) is 11.8 Å². The number of Topliss-reactive ketones (excluding diaryl/α,β-unsaturated/α-hetero) is 1. The van der Waals surface area contributed by atoms with E-state index in [4.69, 9.17) is 10.2 Å². The quantitative estimate of drug-likeness (QED) is 0.522. The fourth-order valence-electron chi connectivity index (χ4n) is 2.97. The average molecular weight is 339 g/mol. The molecule has 0 aromatic heterocycles. The van der Waals surface area contributed by atoms with Crippen LogP contribution in [0.1, 0.15) is 51.9 Å². The molecule has 0 aliphatic heterocycles. The molecule has 0 spiro atoms. The molecule has 1 amide bonds. The summed E-state index contributed by atoms with van der Waals surface area (Å²) in [5, 5.41) is 20.1. The minimum Gasteiger partial charge on any atom is -0.481 e. The maximum Gasteiger partial charge on any atom is 0.326 e. The van der Waals surface area contributed by atoms with E-state index in [9.17, 15) is 19.2 Å². The zero-order chi connectivity index (χ0) is 18.1. The van der Waals surface area contributed by atoms with E-state index in [2.05, 4.69) is 5.32 Å². The molecule has 1 rings (SSSR count). The molecular formula is C17H25NO6. The van der Waals surface area contributed by atoms with E-state index in [0.29, 0.717) is 19.3 Å². The number of aliphatic carboxylic acids is 2. The molecule has 1 fully saturated rings. The maximum absolute atomic E-state index is 12.1. The average Bonchev–Trinajstić information content (AvgIpc) is 2.84. The van der Waals surface area contributed by atoms with Gasteiger partial charge < -0.3 is 15.5 Å². The van der Waals surface area contributed by atoms with Gasteiger partial charge in [0.2, 0.25) is 5.91 Å². The van der Waals surface area contributed by atoms with Crippen LogP contribution in [0.4, 0.5) is 0 Å². The summed E-state index contributed by atoms with van der Waals surface area (Å²) in [6.07, 6.45) is 6.09. The molecule has 0 radical (unpaired) electrons. The van der Waals surface area contributed by atoms with E-state index in [1.807, 2.05) is 19.1 Å². The van der Waals surface area contributed by atoms with Crippen molar-refractivity contribution >= 4 is 23.6 Å². The molecule has 3 N–H and O–H groups in total. The van der Waals surface area contributed by atoms with Crippen LogP contribution in [0, 0.1) is 11.8 Å². The number of hydrogen-bond acceptors (Lipinski definition) is 4. The third-order valence-electron chi connectivity index (χ3n) is 4.26. The van der Waals surface area contributed by atoms with Gasteiger partial charge in [0.15, 0.2) is 0 Å². The molecule has 0 aromatic rings. The summed E-state index contributed by atoms with van der Waals surface area (Å²) in [4.78, 5) is 45.7. The van der Waals surface area contributed by atoms with Crippen molar-refractivity contribution in [1.29, 1.82) is 0 Å². The fourth-order valence-corrected chi connectivity index (χ4v) is 2.97. The lowest BCUT2D eigenvalue weighted by Gasteiger charge is -2.19. The molecule has 1 saturated carbocycles. The van der Waals surface area contributed by atoms with E-state index < -0.39 is 23.9 Å². The van der Waals surface area contributed by atoms with Crippen LogP contribution in [0.15, 0.2) is 12.2 Å². The Hall–Kier alpha value is -2.18. The van der Waals surface area contributed by atoms with Gasteiger partial charge in [-0.3, -0.25) is 14.4 Å². The predicted molar refractivity (Wildman–Crippen MR) is 86.3 cm³/mol. The highest BCUT2D eigenvalue weighted by atomic mass is 16.4. The zero-order valence-electron chi connectivity index (χ0n) is 13.9. The smallest absolute Gasteiger partial charge is 0.326 e. The molecule has 3 atom stereocenters. The van der Waals surface area contributed by atoms with Crippen LogP contribution in [0.2, 0.25) is 0 Å². The molecule has 0 saturated heterocycles. The Morgan fingerprint density at radius 1 is 1.29 bits per heavy atom. The summed E-state index contributed by atoms with van der Waals surface area (Å²) in [6, 6.07) is -1.22. The number of ketones is 1. The summed E-state index contributed by atoms with van der Waals surface area (Å²) in [6.45, 7) is 2.00. The molecular weight excluding hydrogens is 314 g/mol. The third-order valence-corrected chi connectivity index (χ3v) is 4.26. The predicted octanol–water partition coefficient (Wildman–Crippen LogP) is 1.76. The van der Waals surface area contributed by atoms with Gasteiger partial charge in [-0.15, -0.1) is 0 Å². The van der Waals surface area contributed by atoms with Crippen LogP contribution in [-0.4, -0.2) is 39.9 Å². The number of carboxylic acid groups (broad SMARTS) is 2. The van der Waals surface area contributed by atoms with Crippen LogP contribution >= 0.6 is 0 Å². The van der Waals surface area contributed by atoms with Crippen LogP contribution < -0.4 is 5.32 Å². The van der Waals surface area contributed by atoms with Crippen LogP contribution in [0.25, 0.3) is 0 Å². The lowest BCUT2D eigenvalue weighted by atomic mass is 9.89. The van der Waals surface area contributed by atoms with Gasteiger partial charge in [-0.25, -0.2) is 4.79 Å². The van der Waals surface area contributed by atoms with Crippen molar-refractivity contribution in [3.63, 3.8) is 0 Å². The molecule has 7 heteroatoms. The fraction of sp³-hybridized carbons (Fsp3) is 0.647. The topological polar surface area (TPSA) is 121 Å². The Kier molecular flexibility index (Phi) is 8.15. The normalized spacial score (nSPS) is 21.8. The van der Waals surface area contributed by atoms with Gasteiger partial charge in [-0.05, 0) is 31.6 Å². The van der Waals surface area contributed by atoms with Crippen molar-refractivity contribution in [2.75, 3.05) is 0 Å². The summed E-state index contributed by atoms with van der Waals surface area (Å²) in [5.41, 5.74) is 0. The monoisotopic (exact) mass is 339 g/mol. The van der Waals surface area contributed by atoms with Crippen LogP contribution in [0.3, 0.4) is 0 Å². The van der Waals surface area contributed by atoms with Crippen molar-refractivity contribution < 1.29 is 29.4 Å². The first-order chi connectivity index (χ1) is 11.3. The Bertz CT molecular complexity index is 513. The SMILES string of the molecule is CC/C=C\C[C@@H]1C(=O)CC[C@H]1CC(=O)N[C@@H](CCC(=O)O)C(=O)O. The molecule has 0 bridgehead atoms. The minimum atomic E-state index is -1.26. The number of allylic oxidation sites excluding steroid dienone is 2. The van der Waals surface area contributed by atoms with Gasteiger partial charge in [0.05, 0.1) is 0 Å². The van der Waals surface area contributed by atoms with E-state index in [0.717, 1.165) is 6.42 Å². The highest BCUT2D eigenvalue weighted by molar-refractivity contribution is 5.87. The highest BCUT2D eigenvalue weighted by Gasteiger charge is 2.35. The molecule has 0 heterocycles. The lowest BCUT2D eigenvalue weighted by molar-refractivity contribution is -0.143. The lowest BCUT2D eigenvalue weighted by Crippen LogP contribution is -2.42. The first-order valence-electron chi connectivity index (χ1n) is 8.26. The molecule has 24 heavy (non-hydrogen) atoms. The molecule has 1 aliphatic carbocycles. The van der Waals surface area contributed by atoms with Gasteiger partial charge >= 0.3 is 11.9 Å². The molecule has 134 valence electrons. The minimum absolute atomic E-state index is 0.0899. The second kappa shape index (κ2) is 9.85. The van der Waals surface area contributed by atoms with E-state index in [-0.39, 0.29) is 36.9 Å². The van der Waals surface area contributed by atoms with Crippen molar-refractivity contribution in [2.24, 2.45) is 11.8 Å². The van der Waals surface area contributed by atoms with Crippen LogP contribution in [0.5, 0.6) is 0 Å². The largest absolute Gasteiger partial charge is 0.481 e. The number of carboxylic acids is 2. The number of rotatable bonds is 10. The van der Waals surface area contributed by atoms with Gasteiger partial charge in [-0.1, -0.05) is 19.1 Å². The maximum atomic E-state index is 12.1. The van der Waals surface area contributed by atoms with Gasteiger partial charge in [0.25, 0.3) is 0 Å². The number of nitrogens with one attached hydrogen (secondary N) is 1. The summed E-state index contributed by atoms with van der Waals surface area (Å²) in [5.74, 6) is -2.95. The Morgan fingerprint density at radius 2 is 2.00 bits per heavy atom. The highest BCUT2D eigenvalue weighted by Crippen LogP contribution is 2.34. The van der Waals surface area contributed by atoms with Crippen molar-refractivity contribution in [2.45, 2.75) is 57.9 Å². The standard InChI is InChI=1S/C17H25NO6/c1-2-3-4-5-12-11(6-8-14(12)19)10-15(20)18-13(17(23)24)7-9-16(21)22/h3-4,11-13H,2,5-10H2,1H3,(H,18,20)(H,21,22)(H,23,24)/b4-3-/t11-,12-,13-/m0/s1. The second-order valence-corrected chi connectivity index (χ2v) is 6.08. The number of carbonyl (C=O) groups is 4. The second-order valence-electron chi connectivity index (χ2n) is 6.08. The van der Waals surface area contributed by atoms with Gasteiger partial charge in [0, 0.05) is 25.2 Å².